The molecule has 0 aromatic heterocycles. The highest BCUT2D eigenvalue weighted by atomic mass is 16.2. The van der Waals surface area contributed by atoms with Crippen molar-refractivity contribution in [3.63, 3.8) is 0 Å². The molecule has 0 radical (unpaired) electrons. The second-order valence-corrected chi connectivity index (χ2v) is 14.1. The van der Waals surface area contributed by atoms with E-state index in [1.165, 1.54) is 154 Å². The van der Waals surface area contributed by atoms with Gasteiger partial charge in [-0.25, -0.2) is 0 Å². The summed E-state index contributed by atoms with van der Waals surface area (Å²) in [6.07, 6.45) is 39.1. The molecule has 0 unspecified atom stereocenters. The SMILES string of the molecule is CCCCCCCCCCCCCCC(CCCCCCCCCCCCCC)C(=O)N(CCCN)CCCCNCCCN. The third-order valence-electron chi connectivity index (χ3n) is 9.69. The van der Waals surface area contributed by atoms with Crippen LogP contribution in [0.2, 0.25) is 0 Å². The monoisotopic (exact) mass is 637 g/mol. The number of hydrogen-bond acceptors (Lipinski definition) is 4. The molecule has 0 aliphatic heterocycles. The molecule has 0 aromatic rings. The molecule has 0 aromatic carbocycles. The second kappa shape index (κ2) is 37.8. The highest BCUT2D eigenvalue weighted by Crippen LogP contribution is 2.23. The normalized spacial score (nSPS) is 11.6. The molecule has 0 heterocycles. The van der Waals surface area contributed by atoms with Crippen molar-refractivity contribution in [2.45, 2.75) is 206 Å². The van der Waals surface area contributed by atoms with Gasteiger partial charge in [0.1, 0.15) is 0 Å². The van der Waals surface area contributed by atoms with Gasteiger partial charge in [0, 0.05) is 19.0 Å². The van der Waals surface area contributed by atoms with Gasteiger partial charge in [-0.05, 0) is 64.7 Å². The molecule has 0 spiro atoms. The smallest absolute Gasteiger partial charge is 0.225 e. The molecule has 270 valence electrons. The fraction of sp³-hybridized carbons (Fsp3) is 0.975. The number of nitrogens with two attached hydrogens (primary N) is 2. The van der Waals surface area contributed by atoms with Gasteiger partial charge in [-0.15, -0.1) is 0 Å². The van der Waals surface area contributed by atoms with Crippen molar-refractivity contribution in [3.05, 3.63) is 0 Å². The van der Waals surface area contributed by atoms with Crippen LogP contribution in [0.25, 0.3) is 0 Å². The maximum absolute atomic E-state index is 13.9. The summed E-state index contributed by atoms with van der Waals surface area (Å²) in [7, 11) is 0. The zero-order valence-electron chi connectivity index (χ0n) is 31.0. The van der Waals surface area contributed by atoms with Crippen LogP contribution in [0.1, 0.15) is 206 Å². The van der Waals surface area contributed by atoms with E-state index in [4.69, 9.17) is 11.5 Å². The maximum Gasteiger partial charge on any atom is 0.225 e. The molecule has 5 heteroatoms. The first kappa shape index (κ1) is 44.4. The van der Waals surface area contributed by atoms with E-state index in [9.17, 15) is 4.79 Å². The minimum absolute atomic E-state index is 0.205. The van der Waals surface area contributed by atoms with Crippen molar-refractivity contribution in [1.82, 2.24) is 10.2 Å². The largest absolute Gasteiger partial charge is 0.342 e. The van der Waals surface area contributed by atoms with Crippen LogP contribution in [-0.2, 0) is 4.79 Å². The number of amides is 1. The minimum atomic E-state index is 0.205. The van der Waals surface area contributed by atoms with Crippen LogP contribution in [-0.4, -0.2) is 50.1 Å². The van der Waals surface area contributed by atoms with E-state index in [1.54, 1.807) is 0 Å². The standard InChI is InChI=1S/C40H84N4O/c1-3-5-7-9-11-13-15-17-19-21-23-25-31-39(32-26-24-22-20-18-16-14-12-10-8-6-4-2)40(45)44(38-30-34-42)37-28-27-35-43-36-29-33-41/h39,43H,3-38,41-42H2,1-2H3. The van der Waals surface area contributed by atoms with Gasteiger partial charge in [-0.1, -0.05) is 168 Å². The van der Waals surface area contributed by atoms with E-state index in [-0.39, 0.29) is 5.92 Å². The van der Waals surface area contributed by atoms with Gasteiger partial charge in [0.2, 0.25) is 5.91 Å². The van der Waals surface area contributed by atoms with Gasteiger partial charge in [-0.3, -0.25) is 4.79 Å². The summed E-state index contributed by atoms with van der Waals surface area (Å²) in [5.74, 6) is 0.627. The van der Waals surface area contributed by atoms with Crippen LogP contribution in [0.4, 0.5) is 0 Å². The molecule has 0 bridgehead atoms. The number of rotatable bonds is 38. The van der Waals surface area contributed by atoms with Crippen LogP contribution in [0.5, 0.6) is 0 Å². The van der Waals surface area contributed by atoms with Crippen molar-refractivity contribution in [1.29, 1.82) is 0 Å². The van der Waals surface area contributed by atoms with E-state index in [0.29, 0.717) is 12.5 Å². The molecular weight excluding hydrogens is 552 g/mol. The Morgan fingerprint density at radius 2 is 0.822 bits per heavy atom. The lowest BCUT2D eigenvalue weighted by atomic mass is 9.92. The van der Waals surface area contributed by atoms with E-state index in [1.807, 2.05) is 0 Å². The average Bonchev–Trinajstić information content (AvgIpc) is 3.05. The Hall–Kier alpha value is -0.650. The lowest BCUT2D eigenvalue weighted by molar-refractivity contribution is -0.136. The number of hydrogen-bond donors (Lipinski definition) is 3. The molecule has 5 N–H and O–H groups in total. The first-order valence-corrected chi connectivity index (χ1v) is 20.6. The van der Waals surface area contributed by atoms with Crippen LogP contribution < -0.4 is 16.8 Å². The summed E-state index contributed by atoms with van der Waals surface area (Å²) in [6, 6.07) is 0. The van der Waals surface area contributed by atoms with Crippen molar-refractivity contribution in [3.8, 4) is 0 Å². The fourth-order valence-electron chi connectivity index (χ4n) is 6.63. The Bertz CT molecular complexity index is 544. The van der Waals surface area contributed by atoms with Crippen molar-refractivity contribution >= 4 is 5.91 Å². The Labute approximate surface area is 283 Å². The van der Waals surface area contributed by atoms with Gasteiger partial charge < -0.3 is 21.7 Å². The summed E-state index contributed by atoms with van der Waals surface area (Å²) >= 11 is 0. The molecule has 0 rings (SSSR count). The average molecular weight is 637 g/mol. The van der Waals surface area contributed by atoms with Gasteiger partial charge >= 0.3 is 0 Å². The van der Waals surface area contributed by atoms with Crippen LogP contribution in [0.3, 0.4) is 0 Å². The first-order valence-electron chi connectivity index (χ1n) is 20.6. The molecule has 0 fully saturated rings. The van der Waals surface area contributed by atoms with E-state index >= 15 is 0 Å². The number of unbranched alkanes of at least 4 members (excludes halogenated alkanes) is 23. The Morgan fingerprint density at radius 3 is 1.22 bits per heavy atom. The highest BCUT2D eigenvalue weighted by Gasteiger charge is 2.23. The molecule has 5 nitrogen and oxygen atoms in total. The lowest BCUT2D eigenvalue weighted by Gasteiger charge is -2.28. The molecule has 0 aliphatic rings. The van der Waals surface area contributed by atoms with Crippen molar-refractivity contribution < 1.29 is 4.79 Å². The maximum atomic E-state index is 13.9. The minimum Gasteiger partial charge on any atom is -0.342 e. The predicted molar refractivity (Wildman–Crippen MR) is 201 cm³/mol. The third-order valence-corrected chi connectivity index (χ3v) is 9.69. The molecule has 0 aliphatic carbocycles. The first-order chi connectivity index (χ1) is 22.2. The third kappa shape index (κ3) is 31.7. The van der Waals surface area contributed by atoms with E-state index in [0.717, 1.165) is 71.2 Å². The molecule has 0 atom stereocenters. The van der Waals surface area contributed by atoms with Crippen LogP contribution in [0.15, 0.2) is 0 Å². The molecule has 45 heavy (non-hydrogen) atoms. The molecular formula is C40H84N4O. The topological polar surface area (TPSA) is 84.4 Å². The second-order valence-electron chi connectivity index (χ2n) is 14.1. The van der Waals surface area contributed by atoms with Crippen LogP contribution in [0, 0.1) is 5.92 Å². The van der Waals surface area contributed by atoms with Crippen molar-refractivity contribution in [2.75, 3.05) is 39.3 Å². The van der Waals surface area contributed by atoms with Gasteiger partial charge in [-0.2, -0.15) is 0 Å². The van der Waals surface area contributed by atoms with Gasteiger partial charge in [0.25, 0.3) is 0 Å². The number of carbonyl (C=O) groups is 1. The molecule has 1 amide bonds. The molecule has 0 saturated carbocycles. The Morgan fingerprint density at radius 1 is 0.467 bits per heavy atom. The number of carbonyl (C=O) groups excluding carboxylic acids is 1. The zero-order valence-corrected chi connectivity index (χ0v) is 31.0. The number of nitrogens with one attached hydrogen (secondary N) is 1. The lowest BCUT2D eigenvalue weighted by Crippen LogP contribution is -2.38. The summed E-state index contributed by atoms with van der Waals surface area (Å²) < 4.78 is 0. The number of nitrogens with zero attached hydrogens (tertiary/aromatic N) is 1. The van der Waals surface area contributed by atoms with E-state index in [2.05, 4.69) is 24.1 Å². The van der Waals surface area contributed by atoms with Gasteiger partial charge in [0.05, 0.1) is 0 Å². The molecule has 0 saturated heterocycles. The van der Waals surface area contributed by atoms with E-state index < -0.39 is 0 Å². The summed E-state index contributed by atoms with van der Waals surface area (Å²) in [5.41, 5.74) is 11.5. The Kier molecular flexibility index (Phi) is 37.3. The van der Waals surface area contributed by atoms with Crippen LogP contribution >= 0.6 is 0 Å². The fourth-order valence-corrected chi connectivity index (χ4v) is 6.63. The Balaban J connectivity index is 4.53. The summed E-state index contributed by atoms with van der Waals surface area (Å²) in [4.78, 5) is 16.1. The predicted octanol–water partition coefficient (Wildman–Crippen LogP) is 10.7. The summed E-state index contributed by atoms with van der Waals surface area (Å²) in [5, 5.41) is 3.48. The van der Waals surface area contributed by atoms with Gasteiger partial charge in [0.15, 0.2) is 0 Å². The quantitative estimate of drug-likeness (QED) is 0.0589. The highest BCUT2D eigenvalue weighted by molar-refractivity contribution is 5.78. The summed E-state index contributed by atoms with van der Waals surface area (Å²) in [6.45, 7) is 9.70. The zero-order chi connectivity index (χ0) is 32.9. The van der Waals surface area contributed by atoms with Crippen molar-refractivity contribution in [2.24, 2.45) is 17.4 Å².